The molecule has 0 rings (SSSR count). The number of aliphatic carboxylic acids is 3. The second-order valence-corrected chi connectivity index (χ2v) is 7.43. The molecule has 0 spiro atoms. The third-order valence-corrected chi connectivity index (χ3v) is 3.63. The lowest BCUT2D eigenvalue weighted by Gasteiger charge is -2.29. The molecule has 1 unspecified atom stereocenters. The minimum absolute atomic E-state index is 0.0356. The molecule has 0 saturated carbocycles. The fourth-order valence-corrected chi connectivity index (χ4v) is 2.72. The highest BCUT2D eigenvalue weighted by atomic mass is 16.6. The van der Waals surface area contributed by atoms with Gasteiger partial charge in [-0.25, -0.2) is 4.79 Å². The maximum atomic E-state index is 11.7. The lowest BCUT2D eigenvalue weighted by Crippen LogP contribution is -2.38. The third kappa shape index (κ3) is 11.4. The molecule has 0 aromatic carbocycles. The summed E-state index contributed by atoms with van der Waals surface area (Å²) >= 11 is 0. The van der Waals surface area contributed by atoms with Crippen molar-refractivity contribution in [2.24, 2.45) is 5.41 Å². The molecule has 0 aromatic heterocycles. The first-order valence-electron chi connectivity index (χ1n) is 8.33. The summed E-state index contributed by atoms with van der Waals surface area (Å²) in [5.74, 6) is -3.91. The number of nitriles is 1. The van der Waals surface area contributed by atoms with E-state index in [2.05, 4.69) is 5.32 Å². The van der Waals surface area contributed by atoms with Gasteiger partial charge < -0.3 is 25.4 Å². The molecule has 10 heteroatoms. The summed E-state index contributed by atoms with van der Waals surface area (Å²) in [5.41, 5.74) is -2.22. The van der Waals surface area contributed by atoms with E-state index >= 15 is 0 Å². The average Bonchev–Trinajstić information content (AvgIpc) is 2.41. The van der Waals surface area contributed by atoms with Crippen LogP contribution in [-0.4, -0.2) is 51.0 Å². The number of ether oxygens (including phenoxy) is 1. The van der Waals surface area contributed by atoms with Gasteiger partial charge in [0.05, 0.1) is 25.3 Å². The van der Waals surface area contributed by atoms with E-state index in [9.17, 15) is 19.2 Å². The van der Waals surface area contributed by atoms with Gasteiger partial charge in [0.2, 0.25) is 0 Å². The Morgan fingerprint density at radius 1 is 1.00 bits per heavy atom. The molecule has 0 aliphatic rings. The van der Waals surface area contributed by atoms with E-state index in [1.165, 1.54) is 0 Å². The van der Waals surface area contributed by atoms with Gasteiger partial charge in [-0.05, 0) is 40.0 Å². The van der Waals surface area contributed by atoms with Gasteiger partial charge in [-0.2, -0.15) is 5.26 Å². The molecule has 152 valence electrons. The normalized spacial score (nSPS) is 12.5. The monoisotopic (exact) mass is 386 g/mol. The third-order valence-electron chi connectivity index (χ3n) is 3.63. The van der Waals surface area contributed by atoms with Crippen LogP contribution in [0.1, 0.15) is 59.3 Å². The van der Waals surface area contributed by atoms with Crippen LogP contribution in [0.3, 0.4) is 0 Å². The number of alkyl carbamates (subject to hydrolysis) is 1. The van der Waals surface area contributed by atoms with E-state index in [1.54, 1.807) is 20.8 Å². The van der Waals surface area contributed by atoms with Gasteiger partial charge >= 0.3 is 24.0 Å². The molecule has 0 fully saturated rings. The van der Waals surface area contributed by atoms with Gasteiger partial charge in [0.15, 0.2) is 0 Å². The topological polar surface area (TPSA) is 174 Å². The summed E-state index contributed by atoms with van der Waals surface area (Å²) in [5, 5.41) is 38.6. The zero-order chi connectivity index (χ0) is 21.3. The molecule has 0 heterocycles. The largest absolute Gasteiger partial charge is 0.481 e. The lowest BCUT2D eigenvalue weighted by molar-refractivity contribution is -0.147. The Labute approximate surface area is 157 Å². The fourth-order valence-electron chi connectivity index (χ4n) is 2.72. The predicted octanol–water partition coefficient (Wildman–Crippen LogP) is 1.98. The standard InChI is InChI=1S/C17H26N2O8/c1-16(2,3)27-15(26)19-11(10-18)5-4-6-17(7-12(20)21,8-13(22)23)9-14(24)25/h11H,4-9H2,1-3H3,(H,19,26)(H,20,21)(H,22,23)(H,24,25). The van der Waals surface area contributed by atoms with Crippen molar-refractivity contribution in [3.05, 3.63) is 0 Å². The van der Waals surface area contributed by atoms with E-state index in [0.717, 1.165) is 0 Å². The van der Waals surface area contributed by atoms with Gasteiger partial charge in [-0.15, -0.1) is 0 Å². The minimum Gasteiger partial charge on any atom is -0.481 e. The second-order valence-electron chi connectivity index (χ2n) is 7.43. The number of amides is 1. The van der Waals surface area contributed by atoms with Crippen molar-refractivity contribution in [1.82, 2.24) is 5.32 Å². The molecule has 1 amide bonds. The highest BCUT2D eigenvalue weighted by molar-refractivity contribution is 5.75. The summed E-state index contributed by atoms with van der Waals surface area (Å²) in [6, 6.07) is 0.933. The van der Waals surface area contributed by atoms with Gasteiger partial charge in [0.25, 0.3) is 0 Å². The first-order valence-corrected chi connectivity index (χ1v) is 8.33. The highest BCUT2D eigenvalue weighted by Gasteiger charge is 2.37. The van der Waals surface area contributed by atoms with Crippen LogP contribution in [0.5, 0.6) is 0 Å². The molecule has 0 aliphatic heterocycles. The van der Waals surface area contributed by atoms with E-state index in [-0.39, 0.29) is 19.3 Å². The van der Waals surface area contributed by atoms with Crippen molar-refractivity contribution >= 4 is 24.0 Å². The number of nitrogens with zero attached hydrogens (tertiary/aromatic N) is 1. The number of rotatable bonds is 11. The number of carboxylic acid groups (broad SMARTS) is 3. The minimum atomic E-state index is -1.48. The number of hydrogen-bond donors (Lipinski definition) is 4. The van der Waals surface area contributed by atoms with Crippen molar-refractivity contribution in [2.45, 2.75) is 70.9 Å². The summed E-state index contributed by atoms with van der Waals surface area (Å²) < 4.78 is 5.04. The predicted molar refractivity (Wildman–Crippen MR) is 91.8 cm³/mol. The molecule has 1 atom stereocenters. The van der Waals surface area contributed by atoms with Crippen molar-refractivity contribution in [3.63, 3.8) is 0 Å². The van der Waals surface area contributed by atoms with Crippen molar-refractivity contribution in [2.75, 3.05) is 0 Å². The Bertz CT molecular complexity index is 562. The van der Waals surface area contributed by atoms with Crippen molar-refractivity contribution in [3.8, 4) is 6.07 Å². The van der Waals surface area contributed by atoms with Crippen LogP contribution < -0.4 is 5.32 Å². The number of hydrogen-bond acceptors (Lipinski definition) is 6. The molecule has 0 aromatic rings. The van der Waals surface area contributed by atoms with E-state index in [4.69, 9.17) is 25.3 Å². The van der Waals surface area contributed by atoms with Gasteiger partial charge in [0.1, 0.15) is 11.6 Å². The Morgan fingerprint density at radius 2 is 1.44 bits per heavy atom. The van der Waals surface area contributed by atoms with Crippen LogP contribution in [0, 0.1) is 16.7 Å². The van der Waals surface area contributed by atoms with E-state index in [1.807, 2.05) is 6.07 Å². The summed E-state index contributed by atoms with van der Waals surface area (Å²) in [6.07, 6.45) is -2.45. The van der Waals surface area contributed by atoms with Crippen LogP contribution in [0.25, 0.3) is 0 Å². The van der Waals surface area contributed by atoms with E-state index < -0.39 is 60.3 Å². The first-order chi connectivity index (χ1) is 12.3. The number of nitrogens with one attached hydrogen (secondary N) is 1. The fraction of sp³-hybridized carbons (Fsp3) is 0.706. The summed E-state index contributed by atoms with van der Waals surface area (Å²) in [6.45, 7) is 4.98. The Balaban J connectivity index is 5.00. The molecule has 27 heavy (non-hydrogen) atoms. The Kier molecular flexibility index (Phi) is 9.27. The number of carbonyl (C=O) groups is 4. The summed E-state index contributed by atoms with van der Waals surface area (Å²) in [4.78, 5) is 45.0. The van der Waals surface area contributed by atoms with Gasteiger partial charge in [-0.1, -0.05) is 0 Å². The highest BCUT2D eigenvalue weighted by Crippen LogP contribution is 2.37. The van der Waals surface area contributed by atoms with Gasteiger partial charge in [0, 0.05) is 5.41 Å². The SMILES string of the molecule is CC(C)(C)OC(=O)NC(C#N)CCCC(CC(=O)O)(CC(=O)O)CC(=O)O. The molecule has 0 saturated heterocycles. The smallest absolute Gasteiger partial charge is 0.408 e. The molecule has 0 bridgehead atoms. The van der Waals surface area contributed by atoms with Crippen molar-refractivity contribution < 1.29 is 39.2 Å². The molecular weight excluding hydrogens is 360 g/mol. The summed E-state index contributed by atoms with van der Waals surface area (Å²) in [7, 11) is 0. The lowest BCUT2D eigenvalue weighted by atomic mass is 9.74. The van der Waals surface area contributed by atoms with Crippen LogP contribution in [0.2, 0.25) is 0 Å². The zero-order valence-corrected chi connectivity index (χ0v) is 15.7. The zero-order valence-electron chi connectivity index (χ0n) is 15.7. The Hall–Kier alpha value is -2.83. The Morgan fingerprint density at radius 3 is 1.78 bits per heavy atom. The molecule has 4 N–H and O–H groups in total. The van der Waals surface area contributed by atoms with Crippen molar-refractivity contribution in [1.29, 1.82) is 5.26 Å². The maximum Gasteiger partial charge on any atom is 0.408 e. The first kappa shape index (κ1) is 24.2. The van der Waals surface area contributed by atoms with Gasteiger partial charge in [-0.3, -0.25) is 14.4 Å². The average molecular weight is 386 g/mol. The molecule has 10 nitrogen and oxygen atoms in total. The molecule has 0 radical (unpaired) electrons. The van der Waals surface area contributed by atoms with Crippen LogP contribution >= 0.6 is 0 Å². The van der Waals surface area contributed by atoms with Crippen LogP contribution in [0.15, 0.2) is 0 Å². The molecular formula is C17H26N2O8. The number of carbonyl (C=O) groups excluding carboxylic acids is 1. The maximum absolute atomic E-state index is 11.7. The number of carboxylic acids is 3. The molecule has 0 aliphatic carbocycles. The van der Waals surface area contributed by atoms with Crippen LogP contribution in [-0.2, 0) is 19.1 Å². The quantitative estimate of drug-likeness (QED) is 0.414. The van der Waals surface area contributed by atoms with E-state index in [0.29, 0.717) is 0 Å². The second kappa shape index (κ2) is 10.4. The van der Waals surface area contributed by atoms with Crippen LogP contribution in [0.4, 0.5) is 4.79 Å².